The molecule has 1 atom stereocenters. The van der Waals surface area contributed by atoms with Gasteiger partial charge in [0.15, 0.2) is 0 Å². The summed E-state index contributed by atoms with van der Waals surface area (Å²) in [5.41, 5.74) is 1.09. The van der Waals surface area contributed by atoms with Crippen LogP contribution in [0.15, 0.2) is 30.9 Å². The van der Waals surface area contributed by atoms with Gasteiger partial charge in [-0.05, 0) is 25.1 Å². The first-order valence-corrected chi connectivity index (χ1v) is 8.68. The molecule has 140 valence electrons. The van der Waals surface area contributed by atoms with Crippen LogP contribution < -0.4 is 9.47 Å². The number of ether oxygens (including phenoxy) is 2. The molecule has 0 N–H and O–H groups in total. The van der Waals surface area contributed by atoms with Gasteiger partial charge in [-0.1, -0.05) is 0 Å². The molecule has 0 bridgehead atoms. The molecule has 2 heterocycles. The third-order valence-electron chi connectivity index (χ3n) is 4.76. The molecular formula is C18H25N5O3. The number of amides is 1. The highest BCUT2D eigenvalue weighted by Gasteiger charge is 2.26. The van der Waals surface area contributed by atoms with Crippen molar-refractivity contribution >= 4 is 5.91 Å². The van der Waals surface area contributed by atoms with Gasteiger partial charge >= 0.3 is 0 Å². The summed E-state index contributed by atoms with van der Waals surface area (Å²) >= 11 is 0. The van der Waals surface area contributed by atoms with Gasteiger partial charge in [0.05, 0.1) is 14.2 Å². The van der Waals surface area contributed by atoms with Crippen molar-refractivity contribution in [1.29, 1.82) is 0 Å². The summed E-state index contributed by atoms with van der Waals surface area (Å²) in [7, 11) is 3.33. The quantitative estimate of drug-likeness (QED) is 0.772. The van der Waals surface area contributed by atoms with Crippen LogP contribution in [0.1, 0.15) is 18.5 Å². The summed E-state index contributed by atoms with van der Waals surface area (Å²) in [6.45, 7) is 5.65. The van der Waals surface area contributed by atoms with E-state index in [1.807, 2.05) is 30.0 Å². The lowest BCUT2D eigenvalue weighted by atomic mass is 10.1. The molecule has 0 aliphatic carbocycles. The van der Waals surface area contributed by atoms with Crippen LogP contribution in [0.3, 0.4) is 0 Å². The van der Waals surface area contributed by atoms with E-state index in [2.05, 4.69) is 15.0 Å². The van der Waals surface area contributed by atoms with E-state index >= 15 is 0 Å². The second kappa shape index (κ2) is 8.18. The maximum Gasteiger partial charge on any atom is 0.247 e. The predicted molar refractivity (Wildman–Crippen MR) is 96.1 cm³/mol. The lowest BCUT2D eigenvalue weighted by Crippen LogP contribution is -2.50. The molecular weight excluding hydrogens is 334 g/mol. The van der Waals surface area contributed by atoms with E-state index in [1.165, 1.54) is 6.33 Å². The Morgan fingerprint density at radius 2 is 1.96 bits per heavy atom. The molecule has 1 aromatic heterocycles. The minimum Gasteiger partial charge on any atom is -0.497 e. The third-order valence-corrected chi connectivity index (χ3v) is 4.76. The Labute approximate surface area is 153 Å². The van der Waals surface area contributed by atoms with Crippen LogP contribution in [0.4, 0.5) is 0 Å². The van der Waals surface area contributed by atoms with E-state index in [1.54, 1.807) is 25.2 Å². The van der Waals surface area contributed by atoms with Gasteiger partial charge in [-0.25, -0.2) is 9.67 Å². The van der Waals surface area contributed by atoms with Crippen molar-refractivity contribution in [1.82, 2.24) is 24.6 Å². The van der Waals surface area contributed by atoms with Gasteiger partial charge in [0.2, 0.25) is 5.91 Å². The number of carbonyl (C=O) groups excluding carboxylic acids is 1. The van der Waals surface area contributed by atoms with Crippen LogP contribution in [-0.4, -0.2) is 70.9 Å². The van der Waals surface area contributed by atoms with Gasteiger partial charge < -0.3 is 14.4 Å². The number of hydrogen-bond donors (Lipinski definition) is 0. The number of aromatic nitrogens is 3. The Kier molecular flexibility index (Phi) is 5.72. The van der Waals surface area contributed by atoms with Crippen LogP contribution in [0.5, 0.6) is 11.5 Å². The minimum atomic E-state index is -0.331. The molecule has 1 aromatic carbocycles. The van der Waals surface area contributed by atoms with Gasteiger partial charge in [0.25, 0.3) is 0 Å². The molecule has 1 aliphatic heterocycles. The fraction of sp³-hybridized carbons (Fsp3) is 0.500. The number of benzene rings is 1. The summed E-state index contributed by atoms with van der Waals surface area (Å²) in [6, 6.07) is 5.49. The Balaban J connectivity index is 1.58. The van der Waals surface area contributed by atoms with E-state index < -0.39 is 0 Å². The van der Waals surface area contributed by atoms with Crippen molar-refractivity contribution < 1.29 is 14.3 Å². The number of rotatable bonds is 6. The predicted octanol–water partition coefficient (Wildman–Crippen LogP) is 1.20. The Morgan fingerprint density at radius 1 is 1.19 bits per heavy atom. The average Bonchev–Trinajstić information content (AvgIpc) is 3.22. The van der Waals surface area contributed by atoms with Crippen molar-refractivity contribution in [2.45, 2.75) is 19.5 Å². The van der Waals surface area contributed by atoms with Crippen LogP contribution in [0, 0.1) is 0 Å². The molecule has 1 saturated heterocycles. The molecule has 3 rings (SSSR count). The van der Waals surface area contributed by atoms with E-state index in [0.717, 1.165) is 36.7 Å². The van der Waals surface area contributed by atoms with Crippen molar-refractivity contribution in [3.05, 3.63) is 36.4 Å². The zero-order valence-electron chi connectivity index (χ0n) is 15.5. The molecule has 0 spiro atoms. The number of methoxy groups -OCH3 is 2. The van der Waals surface area contributed by atoms with Gasteiger partial charge in [0, 0.05) is 38.3 Å². The first-order chi connectivity index (χ1) is 12.6. The number of carbonyl (C=O) groups is 1. The zero-order valence-corrected chi connectivity index (χ0v) is 15.5. The molecule has 0 saturated carbocycles. The van der Waals surface area contributed by atoms with Crippen molar-refractivity contribution in [3.8, 4) is 11.5 Å². The molecule has 26 heavy (non-hydrogen) atoms. The molecule has 8 nitrogen and oxygen atoms in total. The number of piperazine rings is 1. The smallest absolute Gasteiger partial charge is 0.247 e. The van der Waals surface area contributed by atoms with Crippen molar-refractivity contribution in [2.75, 3.05) is 40.4 Å². The lowest BCUT2D eigenvalue weighted by Gasteiger charge is -2.36. The highest BCUT2D eigenvalue weighted by atomic mass is 16.5. The monoisotopic (exact) mass is 359 g/mol. The Morgan fingerprint density at radius 3 is 2.58 bits per heavy atom. The maximum absolute atomic E-state index is 12.6. The summed E-state index contributed by atoms with van der Waals surface area (Å²) in [4.78, 5) is 20.8. The Bertz CT molecular complexity index is 726. The van der Waals surface area contributed by atoms with Crippen LogP contribution >= 0.6 is 0 Å². The lowest BCUT2D eigenvalue weighted by molar-refractivity contribution is -0.136. The fourth-order valence-electron chi connectivity index (χ4n) is 3.17. The van der Waals surface area contributed by atoms with E-state index in [0.29, 0.717) is 13.1 Å². The highest BCUT2D eigenvalue weighted by molar-refractivity contribution is 5.80. The fourth-order valence-corrected chi connectivity index (χ4v) is 3.17. The summed E-state index contributed by atoms with van der Waals surface area (Å²) in [6.07, 6.45) is 3.02. The van der Waals surface area contributed by atoms with Gasteiger partial charge in [-0.3, -0.25) is 9.69 Å². The van der Waals surface area contributed by atoms with Gasteiger partial charge in [0.1, 0.15) is 30.2 Å². The second-order valence-corrected chi connectivity index (χ2v) is 6.33. The molecule has 1 fully saturated rings. The zero-order chi connectivity index (χ0) is 18.5. The Hall–Kier alpha value is -2.61. The molecule has 1 aliphatic rings. The average molecular weight is 359 g/mol. The SMILES string of the molecule is COc1ccc(OC)c(CN2CCN(C(=O)C(C)n3cncn3)CC2)c1. The second-order valence-electron chi connectivity index (χ2n) is 6.33. The standard InChI is InChI=1S/C18H25N5O3/c1-14(23-13-19-12-20-23)18(24)22-8-6-21(7-9-22)11-15-10-16(25-2)4-5-17(15)26-3/h4-5,10,12-14H,6-9,11H2,1-3H3. The molecule has 8 heteroatoms. The first-order valence-electron chi connectivity index (χ1n) is 8.68. The molecule has 0 radical (unpaired) electrons. The maximum atomic E-state index is 12.6. The molecule has 1 amide bonds. The van der Waals surface area contributed by atoms with E-state index in [-0.39, 0.29) is 11.9 Å². The van der Waals surface area contributed by atoms with Crippen LogP contribution in [0.2, 0.25) is 0 Å². The minimum absolute atomic E-state index is 0.0779. The summed E-state index contributed by atoms with van der Waals surface area (Å²) in [5, 5.41) is 4.06. The topological polar surface area (TPSA) is 72.7 Å². The van der Waals surface area contributed by atoms with Crippen molar-refractivity contribution in [3.63, 3.8) is 0 Å². The summed E-state index contributed by atoms with van der Waals surface area (Å²) < 4.78 is 12.4. The van der Waals surface area contributed by atoms with Gasteiger partial charge in [-0.15, -0.1) is 0 Å². The number of hydrogen-bond acceptors (Lipinski definition) is 6. The normalized spacial score (nSPS) is 16.3. The van der Waals surface area contributed by atoms with Crippen LogP contribution in [-0.2, 0) is 11.3 Å². The van der Waals surface area contributed by atoms with Crippen LogP contribution in [0.25, 0.3) is 0 Å². The van der Waals surface area contributed by atoms with E-state index in [4.69, 9.17) is 9.47 Å². The van der Waals surface area contributed by atoms with Gasteiger partial charge in [-0.2, -0.15) is 5.10 Å². The molecule has 2 aromatic rings. The number of nitrogens with zero attached hydrogens (tertiary/aromatic N) is 5. The van der Waals surface area contributed by atoms with E-state index in [9.17, 15) is 4.79 Å². The third kappa shape index (κ3) is 3.96. The largest absolute Gasteiger partial charge is 0.497 e. The summed E-state index contributed by atoms with van der Waals surface area (Å²) in [5.74, 6) is 1.74. The van der Waals surface area contributed by atoms with Crippen molar-refractivity contribution in [2.24, 2.45) is 0 Å². The first kappa shape index (κ1) is 18.2. The highest BCUT2D eigenvalue weighted by Crippen LogP contribution is 2.25. The molecule has 1 unspecified atom stereocenters.